The molecule has 186 valence electrons. The van der Waals surface area contributed by atoms with Crippen LogP contribution < -0.4 is 5.32 Å². The summed E-state index contributed by atoms with van der Waals surface area (Å²) in [6.07, 6.45) is 4.90. The average molecular weight is 497 g/mol. The fourth-order valence-corrected chi connectivity index (χ4v) is 5.46. The first-order chi connectivity index (χ1) is 16.8. The third-order valence-electron chi connectivity index (χ3n) is 6.93. The van der Waals surface area contributed by atoms with Gasteiger partial charge in [-0.25, -0.2) is 9.78 Å². The Labute approximate surface area is 210 Å². The number of amides is 2. The molecule has 3 heterocycles. The molecule has 0 saturated carbocycles. The van der Waals surface area contributed by atoms with Gasteiger partial charge in [0.1, 0.15) is 5.03 Å². The summed E-state index contributed by atoms with van der Waals surface area (Å²) in [5.74, 6) is -0.187. The second kappa shape index (κ2) is 10.4. The summed E-state index contributed by atoms with van der Waals surface area (Å²) < 4.78 is 4.78. The van der Waals surface area contributed by atoms with E-state index in [2.05, 4.69) is 10.3 Å². The van der Waals surface area contributed by atoms with Crippen molar-refractivity contribution in [3.63, 3.8) is 0 Å². The lowest BCUT2D eigenvalue weighted by molar-refractivity contribution is -0.134. The molecule has 0 bridgehead atoms. The Balaban J connectivity index is 1.53. The minimum Gasteiger partial charge on any atom is -0.465 e. The largest absolute Gasteiger partial charge is 0.465 e. The summed E-state index contributed by atoms with van der Waals surface area (Å²) in [5, 5.41) is 4.36. The van der Waals surface area contributed by atoms with Gasteiger partial charge in [0, 0.05) is 38.7 Å². The standard InChI is InChI=1S/C26H32N4O4S/c1-17(2)21-24(32)30(16-18-7-9-19(10-8-18)25(33)34-3)26(28-21)11-14-29(15-12-26)23(31)20-6-5-13-27-22(20)35-4/h5-10,13,17,21,28H,11-12,14-16H2,1-4H3. The molecule has 2 amide bonds. The number of carbonyl (C=O) groups excluding carboxylic acids is 3. The van der Waals surface area contributed by atoms with Crippen molar-refractivity contribution in [3.05, 3.63) is 59.3 Å². The molecule has 1 unspecified atom stereocenters. The number of methoxy groups -OCH3 is 1. The van der Waals surface area contributed by atoms with Crippen LogP contribution in [0, 0.1) is 5.92 Å². The van der Waals surface area contributed by atoms with Crippen molar-refractivity contribution in [2.45, 2.75) is 50.0 Å². The molecule has 9 heteroatoms. The van der Waals surface area contributed by atoms with E-state index in [0.29, 0.717) is 43.6 Å². The van der Waals surface area contributed by atoms with Crippen LogP contribution in [-0.4, -0.2) is 70.7 Å². The highest BCUT2D eigenvalue weighted by Gasteiger charge is 2.52. The number of nitrogens with zero attached hydrogens (tertiary/aromatic N) is 3. The average Bonchev–Trinajstić information content (AvgIpc) is 3.15. The van der Waals surface area contributed by atoms with E-state index in [9.17, 15) is 14.4 Å². The molecular formula is C26H32N4O4S. The van der Waals surface area contributed by atoms with Crippen LogP contribution >= 0.6 is 11.8 Å². The molecule has 0 aliphatic carbocycles. The van der Waals surface area contributed by atoms with Crippen molar-refractivity contribution in [2.24, 2.45) is 5.92 Å². The van der Waals surface area contributed by atoms with Crippen LogP contribution in [-0.2, 0) is 16.1 Å². The number of hydrogen-bond acceptors (Lipinski definition) is 7. The number of piperidine rings is 1. The summed E-state index contributed by atoms with van der Waals surface area (Å²) in [6.45, 7) is 5.62. The molecule has 35 heavy (non-hydrogen) atoms. The van der Waals surface area contributed by atoms with Gasteiger partial charge in [0.2, 0.25) is 5.91 Å². The summed E-state index contributed by atoms with van der Waals surface area (Å²) in [5.41, 5.74) is 1.52. The zero-order valence-corrected chi connectivity index (χ0v) is 21.4. The van der Waals surface area contributed by atoms with Crippen molar-refractivity contribution in [3.8, 4) is 0 Å². The molecule has 2 aromatic rings. The molecule has 2 aliphatic heterocycles. The predicted octanol–water partition coefficient (Wildman–Crippen LogP) is 3.18. The second-order valence-corrected chi connectivity index (χ2v) is 10.2. The van der Waals surface area contributed by atoms with E-state index >= 15 is 0 Å². The Kier molecular flexibility index (Phi) is 7.47. The van der Waals surface area contributed by atoms with Crippen LogP contribution in [0.3, 0.4) is 0 Å². The highest BCUT2D eigenvalue weighted by atomic mass is 32.2. The fraction of sp³-hybridized carbons (Fsp3) is 0.462. The molecule has 1 spiro atoms. The van der Waals surface area contributed by atoms with Gasteiger partial charge in [-0.3, -0.25) is 14.9 Å². The Morgan fingerprint density at radius 3 is 2.49 bits per heavy atom. The maximum Gasteiger partial charge on any atom is 0.337 e. The van der Waals surface area contributed by atoms with Crippen LogP contribution in [0.4, 0.5) is 0 Å². The molecule has 1 aromatic heterocycles. The van der Waals surface area contributed by atoms with E-state index in [1.54, 1.807) is 24.4 Å². The zero-order chi connectivity index (χ0) is 25.2. The number of benzene rings is 1. The molecule has 2 aliphatic rings. The number of pyridine rings is 1. The van der Waals surface area contributed by atoms with Crippen molar-refractivity contribution in [1.29, 1.82) is 0 Å². The van der Waals surface area contributed by atoms with Crippen molar-refractivity contribution in [1.82, 2.24) is 20.1 Å². The number of hydrogen-bond donors (Lipinski definition) is 1. The van der Waals surface area contributed by atoms with Gasteiger partial charge >= 0.3 is 5.97 Å². The van der Waals surface area contributed by atoms with E-state index in [1.165, 1.54) is 18.9 Å². The van der Waals surface area contributed by atoms with Crippen molar-refractivity contribution >= 4 is 29.5 Å². The first-order valence-electron chi connectivity index (χ1n) is 11.8. The number of likely N-dealkylation sites (tertiary alicyclic amines) is 1. The van der Waals surface area contributed by atoms with Gasteiger partial charge in [-0.2, -0.15) is 0 Å². The van der Waals surface area contributed by atoms with Gasteiger partial charge in [-0.05, 0) is 42.0 Å². The van der Waals surface area contributed by atoms with Gasteiger partial charge in [-0.1, -0.05) is 26.0 Å². The second-order valence-electron chi connectivity index (χ2n) is 9.36. The first kappa shape index (κ1) is 25.2. The van der Waals surface area contributed by atoms with Crippen LogP contribution in [0.5, 0.6) is 0 Å². The lowest BCUT2D eigenvalue weighted by Crippen LogP contribution is -2.59. The van der Waals surface area contributed by atoms with Crippen LogP contribution in [0.15, 0.2) is 47.6 Å². The van der Waals surface area contributed by atoms with Gasteiger partial charge in [0.15, 0.2) is 0 Å². The van der Waals surface area contributed by atoms with E-state index in [-0.39, 0.29) is 29.7 Å². The molecule has 1 atom stereocenters. The maximum atomic E-state index is 13.5. The number of rotatable bonds is 6. The Hall–Kier alpha value is -2.91. The molecule has 4 rings (SSSR count). The zero-order valence-electron chi connectivity index (χ0n) is 20.6. The van der Waals surface area contributed by atoms with Gasteiger partial charge < -0.3 is 14.5 Å². The van der Waals surface area contributed by atoms with Gasteiger partial charge in [0.25, 0.3) is 5.91 Å². The minimum atomic E-state index is -0.513. The monoisotopic (exact) mass is 496 g/mol. The molecule has 1 aromatic carbocycles. The number of aromatic nitrogens is 1. The lowest BCUT2D eigenvalue weighted by Gasteiger charge is -2.45. The summed E-state index contributed by atoms with van der Waals surface area (Å²) in [4.78, 5) is 46.6. The third kappa shape index (κ3) is 4.92. The molecule has 0 radical (unpaired) electrons. The number of ether oxygens (including phenoxy) is 1. The van der Waals surface area contributed by atoms with Crippen molar-refractivity contribution < 1.29 is 19.1 Å². The van der Waals surface area contributed by atoms with Gasteiger partial charge in [-0.15, -0.1) is 11.8 Å². The van der Waals surface area contributed by atoms with E-state index in [4.69, 9.17) is 4.74 Å². The van der Waals surface area contributed by atoms with E-state index < -0.39 is 5.66 Å². The predicted molar refractivity (Wildman–Crippen MR) is 134 cm³/mol. The number of thioether (sulfide) groups is 1. The molecule has 8 nitrogen and oxygen atoms in total. The van der Waals surface area contributed by atoms with Crippen LogP contribution in [0.25, 0.3) is 0 Å². The molecule has 1 N–H and O–H groups in total. The van der Waals surface area contributed by atoms with E-state index in [1.807, 2.05) is 48.1 Å². The van der Waals surface area contributed by atoms with E-state index in [0.717, 1.165) is 10.6 Å². The Morgan fingerprint density at radius 2 is 1.89 bits per heavy atom. The smallest absolute Gasteiger partial charge is 0.337 e. The first-order valence-corrected chi connectivity index (χ1v) is 13.1. The topological polar surface area (TPSA) is 91.8 Å². The van der Waals surface area contributed by atoms with Crippen LogP contribution in [0.1, 0.15) is 53.0 Å². The lowest BCUT2D eigenvalue weighted by atomic mass is 9.94. The highest BCUT2D eigenvalue weighted by molar-refractivity contribution is 7.98. The molecular weight excluding hydrogens is 464 g/mol. The quantitative estimate of drug-likeness (QED) is 0.485. The molecule has 2 fully saturated rings. The van der Waals surface area contributed by atoms with Crippen molar-refractivity contribution in [2.75, 3.05) is 26.5 Å². The third-order valence-corrected chi connectivity index (χ3v) is 7.64. The highest BCUT2D eigenvalue weighted by Crippen LogP contribution is 2.36. The summed E-state index contributed by atoms with van der Waals surface area (Å²) >= 11 is 1.46. The SMILES string of the molecule is COC(=O)c1ccc(CN2C(=O)C(C(C)C)NC23CCN(C(=O)c2cccnc2SC)CC3)cc1. The normalized spacial score (nSPS) is 19.5. The molecule has 2 saturated heterocycles. The number of carbonyl (C=O) groups is 3. The summed E-state index contributed by atoms with van der Waals surface area (Å²) in [6, 6.07) is 10.5. The minimum absolute atomic E-state index is 0.0213. The fourth-order valence-electron chi connectivity index (χ4n) is 4.92. The Bertz CT molecular complexity index is 1100. The summed E-state index contributed by atoms with van der Waals surface area (Å²) in [7, 11) is 1.36. The number of esters is 1. The number of nitrogens with one attached hydrogen (secondary N) is 1. The van der Waals surface area contributed by atoms with Crippen LogP contribution in [0.2, 0.25) is 0 Å². The van der Waals surface area contributed by atoms with Gasteiger partial charge in [0.05, 0.1) is 29.9 Å². The maximum absolute atomic E-state index is 13.5. The Morgan fingerprint density at radius 1 is 1.20 bits per heavy atom.